The van der Waals surface area contributed by atoms with Crippen LogP contribution in [-0.2, 0) is 13.0 Å². The zero-order chi connectivity index (χ0) is 19.2. The Morgan fingerprint density at radius 1 is 1.04 bits per heavy atom. The van der Waals surface area contributed by atoms with Gasteiger partial charge in [0.05, 0.1) is 8.95 Å². The maximum Gasteiger partial charge on any atom is 0.148 e. The molecule has 0 atom stereocenters. The van der Waals surface area contributed by atoms with Gasteiger partial charge in [-0.1, -0.05) is 29.8 Å². The Labute approximate surface area is 183 Å². The van der Waals surface area contributed by atoms with Crippen LogP contribution in [0.5, 0.6) is 5.75 Å². The Morgan fingerprint density at radius 2 is 1.70 bits per heavy atom. The molecule has 0 bridgehead atoms. The molecule has 6 heteroatoms. The average molecular weight is 517 g/mol. The molecule has 0 radical (unpaired) electrons. The van der Waals surface area contributed by atoms with Crippen LogP contribution in [0.15, 0.2) is 45.3 Å². The summed E-state index contributed by atoms with van der Waals surface area (Å²) >= 11 is 13.5. The third-order valence-electron chi connectivity index (χ3n) is 4.92. The normalized spacial score (nSPS) is 15.9. The lowest BCUT2D eigenvalue weighted by molar-refractivity contribution is 0.153. The van der Waals surface area contributed by atoms with Crippen molar-refractivity contribution in [1.29, 1.82) is 0 Å². The van der Waals surface area contributed by atoms with E-state index in [2.05, 4.69) is 60.8 Å². The number of piperazine rings is 1. The molecule has 0 N–H and O–H groups in total. The predicted molar refractivity (Wildman–Crippen MR) is 120 cm³/mol. The van der Waals surface area contributed by atoms with E-state index >= 15 is 0 Å². The van der Waals surface area contributed by atoms with Gasteiger partial charge in [0.25, 0.3) is 0 Å². The van der Waals surface area contributed by atoms with Crippen molar-refractivity contribution < 1.29 is 4.74 Å². The van der Waals surface area contributed by atoms with Gasteiger partial charge in [-0.2, -0.15) is 0 Å². The van der Waals surface area contributed by atoms with E-state index in [9.17, 15) is 0 Å². The van der Waals surface area contributed by atoms with Crippen LogP contribution < -0.4 is 4.74 Å². The lowest BCUT2D eigenvalue weighted by Crippen LogP contribution is -2.44. The molecule has 0 saturated carbocycles. The number of likely N-dealkylation sites (N-methyl/N-ethyl adjacent to an activating group) is 1. The number of rotatable bonds is 7. The molecular formula is C21H25Br2ClN2O. The minimum atomic E-state index is 0.444. The van der Waals surface area contributed by atoms with Gasteiger partial charge in [0.1, 0.15) is 12.4 Å². The summed E-state index contributed by atoms with van der Waals surface area (Å²) in [6, 6.07) is 12.1. The van der Waals surface area contributed by atoms with E-state index in [4.69, 9.17) is 16.3 Å². The van der Waals surface area contributed by atoms with Crippen LogP contribution in [0, 0.1) is 0 Å². The van der Waals surface area contributed by atoms with E-state index in [0.29, 0.717) is 6.61 Å². The van der Waals surface area contributed by atoms with Crippen LogP contribution >= 0.6 is 43.5 Å². The van der Waals surface area contributed by atoms with Crippen molar-refractivity contribution in [3.05, 3.63) is 61.5 Å². The highest BCUT2D eigenvalue weighted by Crippen LogP contribution is 2.36. The van der Waals surface area contributed by atoms with Gasteiger partial charge in [0, 0.05) is 36.8 Å². The Kier molecular flexibility index (Phi) is 8.03. The van der Waals surface area contributed by atoms with E-state index < -0.39 is 0 Å². The number of hydrogen-bond donors (Lipinski definition) is 0. The first-order chi connectivity index (χ1) is 13.0. The highest BCUT2D eigenvalue weighted by atomic mass is 79.9. The van der Waals surface area contributed by atoms with Gasteiger partial charge >= 0.3 is 0 Å². The zero-order valence-electron chi connectivity index (χ0n) is 15.6. The molecule has 1 fully saturated rings. The van der Waals surface area contributed by atoms with Crippen LogP contribution in [-0.4, -0.2) is 49.6 Å². The van der Waals surface area contributed by atoms with Crippen LogP contribution in [0.2, 0.25) is 5.02 Å². The van der Waals surface area contributed by atoms with Gasteiger partial charge in [-0.15, -0.1) is 0 Å². The molecule has 0 spiro atoms. The topological polar surface area (TPSA) is 15.7 Å². The number of hydrogen-bond acceptors (Lipinski definition) is 3. The predicted octanol–water partition coefficient (Wildman–Crippen LogP) is 5.62. The third kappa shape index (κ3) is 6.20. The molecule has 146 valence electrons. The van der Waals surface area contributed by atoms with Gasteiger partial charge in [-0.05, 0) is 82.1 Å². The largest absolute Gasteiger partial charge is 0.486 e. The van der Waals surface area contributed by atoms with Gasteiger partial charge in [0.2, 0.25) is 0 Å². The molecule has 1 aliphatic heterocycles. The van der Waals surface area contributed by atoms with Gasteiger partial charge in [-0.25, -0.2) is 0 Å². The van der Waals surface area contributed by atoms with Crippen LogP contribution in [0.4, 0.5) is 0 Å². The van der Waals surface area contributed by atoms with Gasteiger partial charge < -0.3 is 14.5 Å². The molecular weight excluding hydrogens is 492 g/mol. The molecule has 1 heterocycles. The summed E-state index contributed by atoms with van der Waals surface area (Å²) in [7, 11) is 2.20. The SMILES string of the molecule is CN1CCN(CCCc2cc(Br)c(OCc3ccccc3Cl)c(Br)c2)CC1. The Hall–Kier alpha value is -0.590. The molecule has 1 aliphatic rings. The summed E-state index contributed by atoms with van der Waals surface area (Å²) in [5.74, 6) is 0.817. The third-order valence-corrected chi connectivity index (χ3v) is 6.47. The van der Waals surface area contributed by atoms with Crippen LogP contribution in [0.1, 0.15) is 17.5 Å². The van der Waals surface area contributed by atoms with Gasteiger partial charge in [-0.3, -0.25) is 0 Å². The lowest BCUT2D eigenvalue weighted by atomic mass is 10.1. The molecule has 0 aliphatic carbocycles. The molecule has 0 amide bonds. The zero-order valence-corrected chi connectivity index (χ0v) is 19.5. The van der Waals surface area contributed by atoms with Crippen molar-refractivity contribution in [2.24, 2.45) is 0 Å². The standard InChI is InChI=1S/C21H25Br2ClN2O/c1-25-9-11-26(12-10-25)8-4-5-16-13-18(22)21(19(23)14-16)27-15-17-6-2-3-7-20(17)24/h2-3,6-7,13-14H,4-5,8-12,15H2,1H3. The fourth-order valence-electron chi connectivity index (χ4n) is 3.24. The smallest absolute Gasteiger partial charge is 0.148 e. The van der Waals surface area contributed by atoms with Crippen molar-refractivity contribution in [2.75, 3.05) is 39.8 Å². The first kappa shape index (κ1) is 21.1. The van der Waals surface area contributed by atoms with Crippen molar-refractivity contribution in [3.63, 3.8) is 0 Å². The van der Waals surface area contributed by atoms with Crippen molar-refractivity contribution in [2.45, 2.75) is 19.4 Å². The molecule has 1 saturated heterocycles. The summed E-state index contributed by atoms with van der Waals surface area (Å²) in [4.78, 5) is 4.96. The molecule has 3 nitrogen and oxygen atoms in total. The molecule has 2 aromatic carbocycles. The fourth-order valence-corrected chi connectivity index (χ4v) is 4.94. The second-order valence-electron chi connectivity index (χ2n) is 7.02. The Bertz CT molecular complexity index is 741. The minimum absolute atomic E-state index is 0.444. The maximum atomic E-state index is 6.21. The molecule has 3 rings (SSSR count). The number of halogens is 3. The summed E-state index contributed by atoms with van der Waals surface area (Å²) in [5.41, 5.74) is 2.29. The summed E-state index contributed by atoms with van der Waals surface area (Å²) in [6.45, 7) is 6.31. The summed E-state index contributed by atoms with van der Waals surface area (Å²) in [6.07, 6.45) is 2.23. The Morgan fingerprint density at radius 3 is 2.37 bits per heavy atom. The lowest BCUT2D eigenvalue weighted by Gasteiger charge is -2.32. The number of ether oxygens (including phenoxy) is 1. The monoisotopic (exact) mass is 514 g/mol. The second kappa shape index (κ2) is 10.3. The van der Waals surface area contributed by atoms with E-state index in [-0.39, 0.29) is 0 Å². The highest BCUT2D eigenvalue weighted by molar-refractivity contribution is 9.11. The fraction of sp³-hybridized carbons (Fsp3) is 0.429. The van der Waals surface area contributed by atoms with Crippen LogP contribution in [0.3, 0.4) is 0 Å². The quantitative estimate of drug-likeness (QED) is 0.475. The number of benzene rings is 2. The average Bonchev–Trinajstić information content (AvgIpc) is 2.64. The van der Waals surface area contributed by atoms with Crippen molar-refractivity contribution in [1.82, 2.24) is 9.80 Å². The highest BCUT2D eigenvalue weighted by Gasteiger charge is 2.14. The first-order valence-electron chi connectivity index (χ1n) is 9.28. The number of nitrogens with zero attached hydrogens (tertiary/aromatic N) is 2. The summed E-state index contributed by atoms with van der Waals surface area (Å²) < 4.78 is 7.95. The van der Waals surface area contributed by atoms with Gasteiger partial charge in [0.15, 0.2) is 0 Å². The van der Waals surface area contributed by atoms with E-state index in [1.54, 1.807) is 0 Å². The maximum absolute atomic E-state index is 6.21. The molecule has 0 unspecified atom stereocenters. The minimum Gasteiger partial charge on any atom is -0.486 e. The van der Waals surface area contributed by atoms with E-state index in [1.165, 1.54) is 38.2 Å². The second-order valence-corrected chi connectivity index (χ2v) is 9.13. The van der Waals surface area contributed by atoms with E-state index in [0.717, 1.165) is 38.2 Å². The van der Waals surface area contributed by atoms with Crippen molar-refractivity contribution >= 4 is 43.5 Å². The van der Waals surface area contributed by atoms with E-state index in [1.807, 2.05) is 24.3 Å². The number of aryl methyl sites for hydroxylation is 1. The van der Waals surface area contributed by atoms with Crippen LogP contribution in [0.25, 0.3) is 0 Å². The van der Waals surface area contributed by atoms with Crippen molar-refractivity contribution in [3.8, 4) is 5.75 Å². The molecule has 27 heavy (non-hydrogen) atoms. The molecule has 0 aromatic heterocycles. The summed E-state index contributed by atoms with van der Waals surface area (Å²) in [5, 5.41) is 0.727. The molecule has 2 aromatic rings. The first-order valence-corrected chi connectivity index (χ1v) is 11.2. The Balaban J connectivity index is 1.54.